The smallest absolute Gasteiger partial charge is 0.462 e. The lowest BCUT2D eigenvalue weighted by molar-refractivity contribution is -0.174. The van der Waals surface area contributed by atoms with Gasteiger partial charge in [0, 0.05) is 0 Å². The highest BCUT2D eigenvalue weighted by Gasteiger charge is 1.97. The molecule has 0 aliphatic heterocycles. The van der Waals surface area contributed by atoms with Gasteiger partial charge in [0.15, 0.2) is 0 Å². The maximum Gasteiger partial charge on any atom is 0.483 e. The molecule has 0 radical (unpaired) electrons. The van der Waals surface area contributed by atoms with Crippen molar-refractivity contribution in [3.05, 3.63) is 0 Å². The molecule has 0 rings (SSSR count). The first-order chi connectivity index (χ1) is 4.16. The summed E-state index contributed by atoms with van der Waals surface area (Å²) in [4.78, 5) is 22.1. The summed E-state index contributed by atoms with van der Waals surface area (Å²) in [5.74, 6) is 0. The molecular formula is C2H2N2O5. The summed E-state index contributed by atoms with van der Waals surface area (Å²) >= 11 is 0. The fraction of sp³-hybridized carbons (Fsp3) is 0. The van der Waals surface area contributed by atoms with Crippen molar-refractivity contribution in [2.75, 3.05) is 0 Å². The van der Waals surface area contributed by atoms with E-state index in [1.807, 2.05) is 0 Å². The first-order valence-corrected chi connectivity index (χ1v) is 1.67. The summed E-state index contributed by atoms with van der Waals surface area (Å²) < 4.78 is 0. The van der Waals surface area contributed by atoms with Crippen LogP contribution in [0.4, 0.5) is 9.59 Å². The summed E-state index contributed by atoms with van der Waals surface area (Å²) in [6.45, 7) is 0. The van der Waals surface area contributed by atoms with Crippen molar-refractivity contribution in [1.29, 1.82) is 0 Å². The highest BCUT2D eigenvalue weighted by molar-refractivity contribution is 5.71. The maximum absolute atomic E-state index is 9.72. The van der Waals surface area contributed by atoms with Gasteiger partial charge < -0.3 is 5.11 Å². The lowest BCUT2D eigenvalue weighted by Gasteiger charge is -1.80. The SMILES string of the molecule is O=C(O)N=NC(=O)OO. The summed E-state index contributed by atoms with van der Waals surface area (Å²) in [6, 6.07) is 0. The molecule has 0 aromatic heterocycles. The standard InChI is InChI=1S/C2H2N2O5/c5-1(6)3-4-2(7)9-8/h8H,(H,5,6). The van der Waals surface area contributed by atoms with Crippen LogP contribution in [0.3, 0.4) is 0 Å². The molecule has 7 nitrogen and oxygen atoms in total. The molecule has 9 heavy (non-hydrogen) atoms. The van der Waals surface area contributed by atoms with E-state index in [4.69, 9.17) is 10.4 Å². The van der Waals surface area contributed by atoms with Crippen molar-refractivity contribution in [2.24, 2.45) is 10.2 Å². The van der Waals surface area contributed by atoms with Crippen LogP contribution in [0.1, 0.15) is 0 Å². The molecule has 0 fully saturated rings. The fourth-order valence-corrected chi connectivity index (χ4v) is 0.102. The van der Waals surface area contributed by atoms with Crippen molar-refractivity contribution >= 4 is 12.2 Å². The lowest BCUT2D eigenvalue weighted by Crippen LogP contribution is -1.93. The van der Waals surface area contributed by atoms with Crippen molar-refractivity contribution in [1.82, 2.24) is 0 Å². The molecule has 2 N–H and O–H groups in total. The van der Waals surface area contributed by atoms with Crippen molar-refractivity contribution < 1.29 is 24.8 Å². The molecule has 7 heteroatoms. The number of carboxylic acid groups (broad SMARTS) is 1. The molecule has 0 aromatic carbocycles. The maximum atomic E-state index is 9.72. The topological polar surface area (TPSA) is 109 Å². The molecular weight excluding hydrogens is 132 g/mol. The van der Waals surface area contributed by atoms with E-state index in [9.17, 15) is 9.59 Å². The van der Waals surface area contributed by atoms with Crippen LogP contribution in [0.2, 0.25) is 0 Å². The average molecular weight is 134 g/mol. The molecule has 0 spiro atoms. The van der Waals surface area contributed by atoms with Crippen molar-refractivity contribution in [2.45, 2.75) is 0 Å². The Labute approximate surface area is 48.5 Å². The first kappa shape index (κ1) is 7.50. The number of azo groups is 1. The summed E-state index contributed by atoms with van der Waals surface area (Å²) in [5, 5.41) is 19.8. The largest absolute Gasteiger partial charge is 0.483 e. The van der Waals surface area contributed by atoms with E-state index < -0.39 is 12.2 Å². The van der Waals surface area contributed by atoms with Crippen LogP contribution < -0.4 is 0 Å². The van der Waals surface area contributed by atoms with Crippen LogP contribution in [0.5, 0.6) is 0 Å². The third kappa shape index (κ3) is 4.35. The Hall–Kier alpha value is -1.50. The number of hydrogen-bond donors (Lipinski definition) is 2. The predicted molar refractivity (Wildman–Crippen MR) is 22.0 cm³/mol. The molecule has 0 saturated carbocycles. The van der Waals surface area contributed by atoms with Gasteiger partial charge in [-0.25, -0.2) is 9.59 Å². The molecule has 0 unspecified atom stereocenters. The zero-order valence-corrected chi connectivity index (χ0v) is 4.01. The Morgan fingerprint density at radius 2 is 1.89 bits per heavy atom. The molecule has 0 aliphatic carbocycles. The van der Waals surface area contributed by atoms with Gasteiger partial charge in [-0.1, -0.05) is 10.2 Å². The second-order valence-corrected chi connectivity index (χ2v) is 0.840. The average Bonchev–Trinajstić information content (AvgIpc) is 1.83. The van der Waals surface area contributed by atoms with E-state index in [1.165, 1.54) is 0 Å². The molecule has 50 valence electrons. The Kier molecular flexibility index (Phi) is 2.91. The van der Waals surface area contributed by atoms with E-state index in [0.29, 0.717) is 0 Å². The van der Waals surface area contributed by atoms with Gasteiger partial charge in [0.25, 0.3) is 0 Å². The Balaban J connectivity index is 3.71. The third-order valence-corrected chi connectivity index (χ3v) is 0.295. The van der Waals surface area contributed by atoms with Crippen LogP contribution in [-0.4, -0.2) is 22.6 Å². The highest BCUT2D eigenvalue weighted by atomic mass is 17.1. The highest BCUT2D eigenvalue weighted by Crippen LogP contribution is 1.81. The van der Waals surface area contributed by atoms with Gasteiger partial charge in [0.2, 0.25) is 0 Å². The van der Waals surface area contributed by atoms with Gasteiger partial charge in [-0.15, -0.1) is 0 Å². The molecule has 0 heterocycles. The summed E-state index contributed by atoms with van der Waals surface area (Å²) in [5.41, 5.74) is 0. The van der Waals surface area contributed by atoms with Crippen LogP contribution >= 0.6 is 0 Å². The van der Waals surface area contributed by atoms with E-state index in [1.54, 1.807) is 0 Å². The van der Waals surface area contributed by atoms with Gasteiger partial charge in [0.1, 0.15) is 0 Å². The minimum Gasteiger partial charge on any atom is -0.462 e. The Morgan fingerprint density at radius 3 is 2.22 bits per heavy atom. The van der Waals surface area contributed by atoms with Gasteiger partial charge in [-0.05, 0) is 0 Å². The van der Waals surface area contributed by atoms with Crippen LogP contribution in [0.15, 0.2) is 10.2 Å². The number of carbonyl (C=O) groups is 2. The zero-order valence-electron chi connectivity index (χ0n) is 4.01. The number of hydrogen-bond acceptors (Lipinski definition) is 4. The van der Waals surface area contributed by atoms with Gasteiger partial charge in [-0.3, -0.25) is 4.89 Å². The Morgan fingerprint density at radius 1 is 1.33 bits per heavy atom. The van der Waals surface area contributed by atoms with Crippen LogP contribution in [-0.2, 0) is 4.89 Å². The minimum atomic E-state index is -1.64. The van der Waals surface area contributed by atoms with Gasteiger partial charge in [0.05, 0.1) is 0 Å². The molecule has 0 aliphatic rings. The molecule has 0 aromatic rings. The summed E-state index contributed by atoms with van der Waals surface area (Å²) in [6.07, 6.45) is -3.11. The lowest BCUT2D eigenvalue weighted by atomic mass is 11.2. The molecule has 0 bridgehead atoms. The fourth-order valence-electron chi connectivity index (χ4n) is 0.102. The van der Waals surface area contributed by atoms with E-state index in [-0.39, 0.29) is 0 Å². The number of nitrogens with zero attached hydrogens (tertiary/aromatic N) is 2. The second-order valence-electron chi connectivity index (χ2n) is 0.840. The molecule has 0 saturated heterocycles. The molecule has 2 amide bonds. The summed E-state index contributed by atoms with van der Waals surface area (Å²) in [7, 11) is 0. The monoisotopic (exact) mass is 134 g/mol. The van der Waals surface area contributed by atoms with Crippen molar-refractivity contribution in [3.8, 4) is 0 Å². The van der Waals surface area contributed by atoms with Crippen molar-refractivity contribution in [3.63, 3.8) is 0 Å². The van der Waals surface area contributed by atoms with Crippen LogP contribution in [0.25, 0.3) is 0 Å². The quantitative estimate of drug-likeness (QED) is 0.288. The van der Waals surface area contributed by atoms with E-state index >= 15 is 0 Å². The van der Waals surface area contributed by atoms with Gasteiger partial charge in [-0.2, -0.15) is 5.26 Å². The molecule has 0 atom stereocenters. The minimum absolute atomic E-state index is 1.47. The second kappa shape index (κ2) is 3.50. The number of rotatable bonds is 0. The van der Waals surface area contributed by atoms with Gasteiger partial charge >= 0.3 is 12.2 Å². The predicted octanol–water partition coefficient (Wildman–Crippen LogP) is 0.726. The van der Waals surface area contributed by atoms with E-state index in [0.717, 1.165) is 0 Å². The third-order valence-electron chi connectivity index (χ3n) is 0.295. The zero-order chi connectivity index (χ0) is 7.28. The number of amides is 2. The Bertz CT molecular complexity index is 151. The normalized spacial score (nSPS) is 9.44. The van der Waals surface area contributed by atoms with E-state index in [2.05, 4.69) is 15.1 Å². The first-order valence-electron chi connectivity index (χ1n) is 1.67. The number of carbonyl (C=O) groups excluding carboxylic acids is 1. The van der Waals surface area contributed by atoms with Crippen LogP contribution in [0, 0.1) is 0 Å².